The van der Waals surface area contributed by atoms with Gasteiger partial charge in [-0.1, -0.05) is 250 Å². The number of ether oxygens (including phenoxy) is 3. The topological polar surface area (TPSA) is 78.9 Å². The molecule has 0 aliphatic carbocycles. The summed E-state index contributed by atoms with van der Waals surface area (Å²) in [6, 6.07) is 0. The van der Waals surface area contributed by atoms with Gasteiger partial charge in [-0.25, -0.2) is 0 Å². The van der Waals surface area contributed by atoms with E-state index in [1.54, 1.807) is 0 Å². The second kappa shape index (κ2) is 62.8. The second-order valence-corrected chi connectivity index (χ2v) is 19.8. The number of carbonyl (C=O) groups is 3. The predicted molar refractivity (Wildman–Crippen MR) is 329 cm³/mol. The standard InChI is InChI=1S/C70H112O6/c1-4-7-10-13-16-19-22-24-26-28-30-31-32-33-34-35-36-37-38-39-41-42-44-46-48-51-54-57-60-63-69(72)75-66-67(65-74-68(71)62-59-56-53-50-21-18-15-12-9-6-3)76-70(73)64-61-58-55-52-49-47-45-43-40-29-27-25-23-20-17-14-11-8-5-2/h7-8,10-12,15-17,19-20,24-27,30-31,33-34,36-37,40,43,47,49,67H,4-6,9,13-14,18,21-23,28-29,32,35,38-39,41-42,44-46,48,50-66H2,1-3H3/b10-7-,11-8-,15-12-,19-16-,20-17-,26-24-,27-25-,31-30-,34-33-,37-36-,43-40-,49-47-. The van der Waals surface area contributed by atoms with Crippen molar-refractivity contribution in [2.24, 2.45) is 0 Å². The van der Waals surface area contributed by atoms with Crippen LogP contribution in [0.1, 0.15) is 258 Å². The first-order valence-electron chi connectivity index (χ1n) is 30.8. The van der Waals surface area contributed by atoms with E-state index in [2.05, 4.69) is 167 Å². The molecular formula is C70H112O6. The highest BCUT2D eigenvalue weighted by Crippen LogP contribution is 2.14. The lowest BCUT2D eigenvalue weighted by molar-refractivity contribution is -0.167. The molecule has 1 atom stereocenters. The maximum atomic E-state index is 12.9. The number of allylic oxidation sites excluding steroid dienone is 24. The van der Waals surface area contributed by atoms with Gasteiger partial charge in [0.2, 0.25) is 0 Å². The summed E-state index contributed by atoms with van der Waals surface area (Å²) in [5.74, 6) is -0.952. The van der Waals surface area contributed by atoms with Gasteiger partial charge in [0.25, 0.3) is 0 Å². The van der Waals surface area contributed by atoms with Gasteiger partial charge in [0.1, 0.15) is 13.2 Å². The van der Waals surface area contributed by atoms with E-state index in [9.17, 15) is 14.4 Å². The number of rotatable bonds is 54. The van der Waals surface area contributed by atoms with Crippen molar-refractivity contribution in [3.05, 3.63) is 146 Å². The highest BCUT2D eigenvalue weighted by Gasteiger charge is 2.19. The van der Waals surface area contributed by atoms with E-state index in [-0.39, 0.29) is 37.5 Å². The molecule has 0 aromatic carbocycles. The van der Waals surface area contributed by atoms with Crippen LogP contribution in [-0.4, -0.2) is 37.2 Å². The number of carbonyl (C=O) groups excluding carboxylic acids is 3. The quantitative estimate of drug-likeness (QED) is 0.0261. The molecule has 0 aliphatic heterocycles. The minimum absolute atomic E-state index is 0.101. The van der Waals surface area contributed by atoms with Gasteiger partial charge in [-0.15, -0.1) is 0 Å². The Hall–Kier alpha value is -4.71. The van der Waals surface area contributed by atoms with Crippen LogP contribution in [0.5, 0.6) is 0 Å². The summed E-state index contributed by atoms with van der Waals surface area (Å²) in [5, 5.41) is 0. The Labute approximate surface area is 467 Å². The number of esters is 3. The van der Waals surface area contributed by atoms with Gasteiger partial charge in [-0.2, -0.15) is 0 Å². The molecule has 6 heteroatoms. The first kappa shape index (κ1) is 71.3. The lowest BCUT2D eigenvalue weighted by atomic mass is 10.1. The van der Waals surface area contributed by atoms with E-state index in [4.69, 9.17) is 14.2 Å². The van der Waals surface area contributed by atoms with E-state index >= 15 is 0 Å². The van der Waals surface area contributed by atoms with Crippen LogP contribution in [0, 0.1) is 0 Å². The van der Waals surface area contributed by atoms with Crippen LogP contribution < -0.4 is 0 Å². The molecule has 0 aliphatic rings. The van der Waals surface area contributed by atoms with Crippen molar-refractivity contribution in [1.82, 2.24) is 0 Å². The monoisotopic (exact) mass is 1050 g/mol. The van der Waals surface area contributed by atoms with Gasteiger partial charge >= 0.3 is 17.9 Å². The van der Waals surface area contributed by atoms with Gasteiger partial charge in [-0.3, -0.25) is 14.4 Å². The van der Waals surface area contributed by atoms with Crippen LogP contribution in [0.3, 0.4) is 0 Å². The lowest BCUT2D eigenvalue weighted by Gasteiger charge is -2.18. The Balaban J connectivity index is 4.31. The maximum absolute atomic E-state index is 12.9. The van der Waals surface area contributed by atoms with Crippen LogP contribution in [0.4, 0.5) is 0 Å². The van der Waals surface area contributed by atoms with Gasteiger partial charge in [0.05, 0.1) is 0 Å². The molecular weight excluding hydrogens is 937 g/mol. The van der Waals surface area contributed by atoms with E-state index in [1.165, 1.54) is 64.2 Å². The SMILES string of the molecule is CC/C=C\C/C=C\C/C=C\C/C=C\C/C=C\C/C=C\CCCCCCCCCCCCC(=O)OCC(COC(=O)CCCCCCC/C=C\CCC)OC(=O)CCCCC/C=C\C/C=C\C/C=C\C/C=C\C/C=C\CC. The Morgan fingerprint density at radius 1 is 0.276 bits per heavy atom. The fourth-order valence-corrected chi connectivity index (χ4v) is 8.00. The third-order valence-corrected chi connectivity index (χ3v) is 12.5. The Morgan fingerprint density at radius 3 is 0.829 bits per heavy atom. The highest BCUT2D eigenvalue weighted by molar-refractivity contribution is 5.71. The van der Waals surface area contributed by atoms with Crippen molar-refractivity contribution in [3.63, 3.8) is 0 Å². The average Bonchev–Trinajstić information content (AvgIpc) is 3.42. The summed E-state index contributed by atoms with van der Waals surface area (Å²) in [7, 11) is 0. The molecule has 6 nitrogen and oxygen atoms in total. The number of hydrogen-bond donors (Lipinski definition) is 0. The first-order valence-corrected chi connectivity index (χ1v) is 30.8. The second-order valence-electron chi connectivity index (χ2n) is 19.8. The number of unbranched alkanes of at least 4 members (excludes halogenated alkanes) is 19. The summed E-state index contributed by atoms with van der Waals surface area (Å²) < 4.78 is 16.8. The Bertz CT molecular complexity index is 1680. The largest absolute Gasteiger partial charge is 0.462 e. The molecule has 0 heterocycles. The normalized spacial score (nSPS) is 13.1. The minimum atomic E-state index is -0.806. The molecule has 0 fully saturated rings. The lowest BCUT2D eigenvalue weighted by Crippen LogP contribution is -2.30. The highest BCUT2D eigenvalue weighted by atomic mass is 16.6. The molecule has 0 N–H and O–H groups in total. The average molecular weight is 1050 g/mol. The smallest absolute Gasteiger partial charge is 0.306 e. The summed E-state index contributed by atoms with van der Waals surface area (Å²) in [5.41, 5.74) is 0. The zero-order chi connectivity index (χ0) is 55.0. The molecule has 428 valence electrons. The van der Waals surface area contributed by atoms with Gasteiger partial charge in [0, 0.05) is 19.3 Å². The predicted octanol–water partition coefficient (Wildman–Crippen LogP) is 21.2. The molecule has 0 rings (SSSR count). The fraction of sp³-hybridized carbons (Fsp3) is 0.614. The Morgan fingerprint density at radius 2 is 0.513 bits per heavy atom. The molecule has 0 spiro atoms. The van der Waals surface area contributed by atoms with Crippen LogP contribution in [0.25, 0.3) is 0 Å². The van der Waals surface area contributed by atoms with Crippen molar-refractivity contribution in [2.75, 3.05) is 13.2 Å². The summed E-state index contributed by atoms with van der Waals surface area (Å²) >= 11 is 0. The van der Waals surface area contributed by atoms with E-state index in [1.807, 2.05) is 0 Å². The van der Waals surface area contributed by atoms with Crippen molar-refractivity contribution in [2.45, 2.75) is 264 Å². The summed E-state index contributed by atoms with van der Waals surface area (Å²) in [6.07, 6.45) is 90.0. The van der Waals surface area contributed by atoms with Crippen LogP contribution in [0.15, 0.2) is 146 Å². The van der Waals surface area contributed by atoms with Crippen LogP contribution in [0.2, 0.25) is 0 Å². The zero-order valence-electron chi connectivity index (χ0n) is 49.0. The van der Waals surface area contributed by atoms with Gasteiger partial charge in [0.15, 0.2) is 6.10 Å². The molecule has 0 amide bonds. The van der Waals surface area contributed by atoms with Gasteiger partial charge < -0.3 is 14.2 Å². The van der Waals surface area contributed by atoms with Crippen molar-refractivity contribution in [1.29, 1.82) is 0 Å². The summed E-state index contributed by atoms with van der Waals surface area (Å²) in [6.45, 7) is 6.31. The van der Waals surface area contributed by atoms with Crippen molar-refractivity contribution < 1.29 is 28.6 Å². The van der Waals surface area contributed by atoms with E-state index in [0.29, 0.717) is 12.8 Å². The van der Waals surface area contributed by atoms with Gasteiger partial charge in [-0.05, 0) is 135 Å². The van der Waals surface area contributed by atoms with Crippen molar-refractivity contribution in [3.8, 4) is 0 Å². The molecule has 0 aromatic heterocycles. The minimum Gasteiger partial charge on any atom is -0.462 e. The number of hydrogen-bond acceptors (Lipinski definition) is 6. The third kappa shape index (κ3) is 60.2. The third-order valence-electron chi connectivity index (χ3n) is 12.5. The molecule has 0 bridgehead atoms. The molecule has 0 radical (unpaired) electrons. The maximum Gasteiger partial charge on any atom is 0.306 e. The van der Waals surface area contributed by atoms with E-state index < -0.39 is 6.10 Å². The van der Waals surface area contributed by atoms with Crippen LogP contribution >= 0.6 is 0 Å². The van der Waals surface area contributed by atoms with Crippen LogP contribution in [-0.2, 0) is 28.6 Å². The molecule has 76 heavy (non-hydrogen) atoms. The fourth-order valence-electron chi connectivity index (χ4n) is 8.00. The Kier molecular flexibility index (Phi) is 58.9. The molecule has 0 saturated heterocycles. The first-order chi connectivity index (χ1) is 37.5. The molecule has 0 saturated carbocycles. The van der Waals surface area contributed by atoms with Crippen molar-refractivity contribution >= 4 is 17.9 Å². The van der Waals surface area contributed by atoms with E-state index in [0.717, 1.165) is 154 Å². The molecule has 0 aromatic rings. The zero-order valence-corrected chi connectivity index (χ0v) is 49.0. The summed E-state index contributed by atoms with van der Waals surface area (Å²) in [4.78, 5) is 38.2. The molecule has 1 unspecified atom stereocenters.